The molecule has 0 aliphatic heterocycles. The van der Waals surface area contributed by atoms with Crippen LogP contribution in [0.3, 0.4) is 0 Å². The van der Waals surface area contributed by atoms with Gasteiger partial charge in [0.2, 0.25) is 5.89 Å². The highest BCUT2D eigenvalue weighted by atomic mass is 32.2. The molecule has 0 aliphatic carbocycles. The molecule has 0 spiro atoms. The van der Waals surface area contributed by atoms with Crippen LogP contribution in [0.25, 0.3) is 0 Å². The standard InChI is InChI=1S/C9H13N5OS/c1-5-7(8(10)14(3)13-5)4-16-9-12-11-6(2)15-9/h4,10H2,1-3H3. The van der Waals surface area contributed by atoms with E-state index in [0.717, 1.165) is 11.3 Å². The summed E-state index contributed by atoms with van der Waals surface area (Å²) in [4.78, 5) is 0. The Labute approximate surface area is 97.2 Å². The molecule has 0 atom stereocenters. The van der Waals surface area contributed by atoms with Crippen molar-refractivity contribution in [3.05, 3.63) is 17.1 Å². The Kier molecular flexibility index (Phi) is 2.86. The van der Waals surface area contributed by atoms with Gasteiger partial charge in [0.15, 0.2) is 0 Å². The number of anilines is 1. The zero-order valence-electron chi connectivity index (χ0n) is 9.39. The average Bonchev–Trinajstić information content (AvgIpc) is 2.72. The van der Waals surface area contributed by atoms with E-state index < -0.39 is 0 Å². The number of nitrogens with zero attached hydrogens (tertiary/aromatic N) is 4. The molecule has 7 heteroatoms. The van der Waals surface area contributed by atoms with Gasteiger partial charge in [-0.3, -0.25) is 4.68 Å². The normalized spacial score (nSPS) is 10.9. The van der Waals surface area contributed by atoms with Crippen LogP contribution in [0.5, 0.6) is 0 Å². The highest BCUT2D eigenvalue weighted by molar-refractivity contribution is 7.98. The summed E-state index contributed by atoms with van der Waals surface area (Å²) in [6, 6.07) is 0. The van der Waals surface area contributed by atoms with Gasteiger partial charge in [0, 0.05) is 25.3 Å². The summed E-state index contributed by atoms with van der Waals surface area (Å²) < 4.78 is 6.94. The monoisotopic (exact) mass is 239 g/mol. The summed E-state index contributed by atoms with van der Waals surface area (Å²) in [6.45, 7) is 3.70. The molecule has 0 bridgehead atoms. The molecule has 2 N–H and O–H groups in total. The summed E-state index contributed by atoms with van der Waals surface area (Å²) in [5.41, 5.74) is 7.84. The smallest absolute Gasteiger partial charge is 0.276 e. The van der Waals surface area contributed by atoms with E-state index in [1.165, 1.54) is 11.8 Å². The zero-order valence-corrected chi connectivity index (χ0v) is 10.2. The third kappa shape index (κ3) is 2.04. The minimum Gasteiger partial charge on any atom is -0.416 e. The van der Waals surface area contributed by atoms with Gasteiger partial charge in [0.25, 0.3) is 5.22 Å². The van der Waals surface area contributed by atoms with Crippen molar-refractivity contribution in [2.24, 2.45) is 7.05 Å². The Morgan fingerprint density at radius 2 is 2.12 bits per heavy atom. The first kappa shape index (κ1) is 11.0. The Hall–Kier alpha value is -1.50. The van der Waals surface area contributed by atoms with Crippen molar-refractivity contribution in [1.29, 1.82) is 0 Å². The summed E-state index contributed by atoms with van der Waals surface area (Å²) >= 11 is 1.46. The van der Waals surface area contributed by atoms with Crippen LogP contribution in [0.4, 0.5) is 5.82 Å². The van der Waals surface area contributed by atoms with E-state index in [9.17, 15) is 0 Å². The molecule has 16 heavy (non-hydrogen) atoms. The van der Waals surface area contributed by atoms with Gasteiger partial charge in [-0.25, -0.2) is 0 Å². The lowest BCUT2D eigenvalue weighted by Crippen LogP contribution is -1.98. The lowest BCUT2D eigenvalue weighted by atomic mass is 10.3. The highest BCUT2D eigenvalue weighted by Crippen LogP contribution is 2.26. The molecule has 0 saturated carbocycles. The van der Waals surface area contributed by atoms with E-state index in [4.69, 9.17) is 10.2 Å². The second-order valence-corrected chi connectivity index (χ2v) is 4.38. The molecule has 2 aromatic heterocycles. The van der Waals surface area contributed by atoms with Crippen LogP contribution >= 0.6 is 11.8 Å². The van der Waals surface area contributed by atoms with Gasteiger partial charge in [-0.15, -0.1) is 10.2 Å². The maximum absolute atomic E-state index is 5.89. The van der Waals surface area contributed by atoms with Gasteiger partial charge < -0.3 is 10.2 Å². The first-order chi connectivity index (χ1) is 7.58. The van der Waals surface area contributed by atoms with Crippen molar-refractivity contribution >= 4 is 17.6 Å². The SMILES string of the molecule is Cc1nnc(SCc2c(C)nn(C)c2N)o1. The van der Waals surface area contributed by atoms with Crippen LogP contribution in [0.1, 0.15) is 17.1 Å². The van der Waals surface area contributed by atoms with E-state index in [1.54, 1.807) is 11.6 Å². The summed E-state index contributed by atoms with van der Waals surface area (Å²) in [7, 11) is 1.83. The number of nitrogen functional groups attached to an aromatic ring is 1. The number of thioether (sulfide) groups is 1. The molecular formula is C9H13N5OS. The van der Waals surface area contributed by atoms with Crippen LogP contribution in [-0.4, -0.2) is 20.0 Å². The molecule has 2 heterocycles. The van der Waals surface area contributed by atoms with E-state index in [0.29, 0.717) is 22.7 Å². The molecule has 0 saturated heterocycles. The van der Waals surface area contributed by atoms with E-state index in [2.05, 4.69) is 15.3 Å². The number of aromatic nitrogens is 4. The van der Waals surface area contributed by atoms with Gasteiger partial charge in [-0.2, -0.15) is 5.10 Å². The maximum Gasteiger partial charge on any atom is 0.276 e. The summed E-state index contributed by atoms with van der Waals surface area (Å²) in [6.07, 6.45) is 0. The molecular weight excluding hydrogens is 226 g/mol. The van der Waals surface area contributed by atoms with E-state index >= 15 is 0 Å². The molecule has 0 aliphatic rings. The number of nitrogens with two attached hydrogens (primary N) is 1. The van der Waals surface area contributed by atoms with Crippen molar-refractivity contribution in [3.63, 3.8) is 0 Å². The minimum atomic E-state index is 0.556. The first-order valence-corrected chi connectivity index (χ1v) is 5.77. The molecule has 2 rings (SSSR count). The van der Waals surface area contributed by atoms with Crippen LogP contribution in [0.15, 0.2) is 9.64 Å². The molecule has 6 nitrogen and oxygen atoms in total. The fourth-order valence-corrected chi connectivity index (χ4v) is 2.27. The lowest BCUT2D eigenvalue weighted by Gasteiger charge is -1.98. The van der Waals surface area contributed by atoms with E-state index in [1.807, 2.05) is 14.0 Å². The van der Waals surface area contributed by atoms with Crippen molar-refractivity contribution < 1.29 is 4.42 Å². The number of hydrogen-bond acceptors (Lipinski definition) is 6. The molecule has 0 fully saturated rings. The van der Waals surface area contributed by atoms with Crippen molar-refractivity contribution in [1.82, 2.24) is 20.0 Å². The predicted octanol–water partition coefficient (Wildman–Crippen LogP) is 1.29. The Bertz CT molecular complexity index is 504. The first-order valence-electron chi connectivity index (χ1n) is 4.78. The highest BCUT2D eigenvalue weighted by Gasteiger charge is 2.12. The van der Waals surface area contributed by atoms with Gasteiger partial charge in [0.1, 0.15) is 5.82 Å². The van der Waals surface area contributed by atoms with Gasteiger partial charge >= 0.3 is 0 Å². The lowest BCUT2D eigenvalue weighted by molar-refractivity contribution is 0.429. The molecule has 0 radical (unpaired) electrons. The molecule has 86 valence electrons. The van der Waals surface area contributed by atoms with Gasteiger partial charge in [-0.1, -0.05) is 11.8 Å². The van der Waals surface area contributed by atoms with Gasteiger partial charge in [-0.05, 0) is 6.92 Å². The third-order valence-electron chi connectivity index (χ3n) is 2.24. The van der Waals surface area contributed by atoms with E-state index in [-0.39, 0.29) is 0 Å². The molecule has 0 aromatic carbocycles. The van der Waals surface area contributed by atoms with Crippen LogP contribution in [0, 0.1) is 13.8 Å². The number of hydrogen-bond donors (Lipinski definition) is 1. The Morgan fingerprint density at radius 3 is 2.62 bits per heavy atom. The minimum absolute atomic E-state index is 0.556. The largest absolute Gasteiger partial charge is 0.416 e. The quantitative estimate of drug-likeness (QED) is 0.813. The average molecular weight is 239 g/mol. The topological polar surface area (TPSA) is 82.8 Å². The second-order valence-electron chi connectivity index (χ2n) is 3.45. The molecule has 0 unspecified atom stereocenters. The van der Waals surface area contributed by atoms with Gasteiger partial charge in [0.05, 0.1) is 5.69 Å². The van der Waals surface area contributed by atoms with Crippen molar-refractivity contribution in [2.75, 3.05) is 5.73 Å². The van der Waals surface area contributed by atoms with Crippen molar-refractivity contribution in [3.8, 4) is 0 Å². The third-order valence-corrected chi connectivity index (χ3v) is 3.09. The predicted molar refractivity (Wildman–Crippen MR) is 61.0 cm³/mol. The molecule has 2 aromatic rings. The van der Waals surface area contributed by atoms with Crippen LogP contribution in [-0.2, 0) is 12.8 Å². The fourth-order valence-electron chi connectivity index (χ4n) is 1.37. The number of rotatable bonds is 3. The Balaban J connectivity index is 2.10. The van der Waals surface area contributed by atoms with Crippen LogP contribution < -0.4 is 5.73 Å². The molecule has 0 amide bonds. The Morgan fingerprint density at radius 1 is 1.38 bits per heavy atom. The fraction of sp³-hybridized carbons (Fsp3) is 0.444. The second kappa shape index (κ2) is 4.17. The zero-order chi connectivity index (χ0) is 11.7. The summed E-state index contributed by atoms with van der Waals surface area (Å²) in [5, 5.41) is 12.5. The number of aryl methyl sites for hydroxylation is 3. The maximum atomic E-state index is 5.89. The van der Waals surface area contributed by atoms with Crippen molar-refractivity contribution in [2.45, 2.75) is 24.8 Å². The van der Waals surface area contributed by atoms with Crippen LogP contribution in [0.2, 0.25) is 0 Å². The summed E-state index contributed by atoms with van der Waals surface area (Å²) in [5.74, 6) is 1.94.